The van der Waals surface area contributed by atoms with Crippen LogP contribution in [-0.2, 0) is 16.1 Å². The molecular weight excluding hydrogens is 383 g/mol. The van der Waals surface area contributed by atoms with Crippen LogP contribution in [0.15, 0.2) is 48.5 Å². The summed E-state index contributed by atoms with van der Waals surface area (Å²) in [6, 6.07) is 13.1. The maximum absolute atomic E-state index is 13.2. The third-order valence-corrected chi connectivity index (χ3v) is 4.81. The molecule has 1 N–H and O–H groups in total. The van der Waals surface area contributed by atoms with Gasteiger partial charge in [-0.2, -0.15) is 0 Å². The van der Waals surface area contributed by atoms with Gasteiger partial charge in [0.1, 0.15) is 17.6 Å². The predicted molar refractivity (Wildman–Crippen MR) is 116 cm³/mol. The third kappa shape index (κ3) is 7.50. The molecule has 30 heavy (non-hydrogen) atoms. The predicted octanol–water partition coefficient (Wildman–Crippen LogP) is 4.24. The van der Waals surface area contributed by atoms with Crippen molar-refractivity contribution in [3.8, 4) is 5.75 Å². The smallest absolute Gasteiger partial charge is 0.242 e. The Balaban J connectivity index is 1.96. The fraction of sp³-hybridized carbons (Fsp3) is 0.417. The third-order valence-electron chi connectivity index (χ3n) is 4.81. The Morgan fingerprint density at radius 3 is 2.40 bits per heavy atom. The largest absolute Gasteiger partial charge is 0.494 e. The molecule has 2 rings (SSSR count). The molecule has 0 fully saturated rings. The van der Waals surface area contributed by atoms with Crippen LogP contribution in [0.5, 0.6) is 5.75 Å². The molecule has 0 heterocycles. The average molecular weight is 415 g/mol. The van der Waals surface area contributed by atoms with Crippen LogP contribution < -0.4 is 10.1 Å². The summed E-state index contributed by atoms with van der Waals surface area (Å²) < 4.78 is 18.9. The van der Waals surface area contributed by atoms with Crippen LogP contribution in [0.25, 0.3) is 0 Å². The fourth-order valence-electron chi connectivity index (χ4n) is 2.96. The first kappa shape index (κ1) is 23.4. The quantitative estimate of drug-likeness (QED) is 0.560. The summed E-state index contributed by atoms with van der Waals surface area (Å²) in [5.41, 5.74) is 1.93. The molecule has 5 nitrogen and oxygen atoms in total. The van der Waals surface area contributed by atoms with Crippen LogP contribution in [0.2, 0.25) is 0 Å². The molecule has 1 atom stereocenters. The van der Waals surface area contributed by atoms with Gasteiger partial charge < -0.3 is 15.0 Å². The van der Waals surface area contributed by atoms with Crippen molar-refractivity contribution in [2.45, 2.75) is 52.6 Å². The van der Waals surface area contributed by atoms with Crippen molar-refractivity contribution in [2.75, 3.05) is 13.2 Å². The first-order chi connectivity index (χ1) is 14.4. The molecule has 0 aromatic heterocycles. The highest BCUT2D eigenvalue weighted by Gasteiger charge is 2.25. The van der Waals surface area contributed by atoms with E-state index in [4.69, 9.17) is 4.74 Å². The highest BCUT2D eigenvalue weighted by Crippen LogP contribution is 2.14. The molecule has 1 unspecified atom stereocenters. The molecule has 6 heteroatoms. The Hall–Kier alpha value is -2.89. The van der Waals surface area contributed by atoms with Gasteiger partial charge in [0.05, 0.1) is 6.61 Å². The number of halogens is 1. The first-order valence-electron chi connectivity index (χ1n) is 10.4. The summed E-state index contributed by atoms with van der Waals surface area (Å²) in [6.45, 7) is 6.92. The zero-order valence-corrected chi connectivity index (χ0v) is 18.0. The fourth-order valence-corrected chi connectivity index (χ4v) is 2.96. The first-order valence-corrected chi connectivity index (χ1v) is 10.4. The van der Waals surface area contributed by atoms with E-state index in [0.29, 0.717) is 19.6 Å². The number of hydrogen-bond donors (Lipinski definition) is 1. The Kier molecular flexibility index (Phi) is 9.32. The molecule has 0 saturated carbocycles. The van der Waals surface area contributed by atoms with Gasteiger partial charge in [0.2, 0.25) is 11.8 Å². The van der Waals surface area contributed by atoms with Crippen LogP contribution in [0.4, 0.5) is 4.39 Å². The minimum Gasteiger partial charge on any atom is -0.494 e. The number of benzene rings is 2. The van der Waals surface area contributed by atoms with Gasteiger partial charge in [-0.25, -0.2) is 4.39 Å². The number of carbonyl (C=O) groups excluding carboxylic acids is 2. The minimum atomic E-state index is -0.618. The zero-order chi connectivity index (χ0) is 21.9. The number of ether oxygens (including phenoxy) is 1. The van der Waals surface area contributed by atoms with E-state index in [2.05, 4.69) is 5.32 Å². The highest BCUT2D eigenvalue weighted by molar-refractivity contribution is 5.87. The summed E-state index contributed by atoms with van der Waals surface area (Å²) in [5, 5.41) is 2.84. The van der Waals surface area contributed by atoms with Crippen LogP contribution in [0, 0.1) is 12.7 Å². The Labute approximate surface area is 178 Å². The lowest BCUT2D eigenvalue weighted by Crippen LogP contribution is -2.47. The molecule has 162 valence electrons. The molecular formula is C24H31FN2O3. The Morgan fingerprint density at radius 2 is 1.77 bits per heavy atom. The van der Waals surface area contributed by atoms with E-state index in [1.807, 2.05) is 38.1 Å². The van der Waals surface area contributed by atoms with Gasteiger partial charge in [-0.05, 0) is 56.5 Å². The summed E-state index contributed by atoms with van der Waals surface area (Å²) in [4.78, 5) is 26.9. The number of rotatable bonds is 11. The molecule has 0 saturated heterocycles. The van der Waals surface area contributed by atoms with Crippen LogP contribution in [-0.4, -0.2) is 35.9 Å². The van der Waals surface area contributed by atoms with Crippen LogP contribution in [0.3, 0.4) is 0 Å². The monoisotopic (exact) mass is 414 g/mol. The van der Waals surface area contributed by atoms with Gasteiger partial charge in [0, 0.05) is 19.5 Å². The maximum atomic E-state index is 13.2. The minimum absolute atomic E-state index is 0.133. The normalized spacial score (nSPS) is 11.6. The molecule has 2 aromatic rings. The number of hydrogen-bond acceptors (Lipinski definition) is 3. The number of nitrogens with zero attached hydrogens (tertiary/aromatic N) is 1. The molecule has 0 aliphatic heterocycles. The van der Waals surface area contributed by atoms with Gasteiger partial charge in [-0.15, -0.1) is 0 Å². The van der Waals surface area contributed by atoms with Gasteiger partial charge in [-0.1, -0.05) is 36.8 Å². The molecule has 0 aliphatic carbocycles. The summed E-state index contributed by atoms with van der Waals surface area (Å²) in [7, 11) is 0. The van der Waals surface area contributed by atoms with E-state index in [-0.39, 0.29) is 30.6 Å². The average Bonchev–Trinajstić information content (AvgIpc) is 2.75. The van der Waals surface area contributed by atoms with E-state index in [9.17, 15) is 14.0 Å². The summed E-state index contributed by atoms with van der Waals surface area (Å²) in [6.07, 6.45) is 1.62. The Bertz CT molecular complexity index is 806. The van der Waals surface area contributed by atoms with Crippen LogP contribution in [0.1, 0.15) is 44.2 Å². The van der Waals surface area contributed by atoms with E-state index in [1.165, 1.54) is 12.1 Å². The van der Waals surface area contributed by atoms with E-state index in [1.54, 1.807) is 24.0 Å². The number of nitrogens with one attached hydrogen (secondary N) is 1. The Morgan fingerprint density at radius 1 is 1.10 bits per heavy atom. The van der Waals surface area contributed by atoms with Gasteiger partial charge in [0.15, 0.2) is 0 Å². The lowest BCUT2D eigenvalue weighted by Gasteiger charge is -2.29. The van der Waals surface area contributed by atoms with Crippen molar-refractivity contribution in [2.24, 2.45) is 0 Å². The zero-order valence-electron chi connectivity index (χ0n) is 18.0. The molecule has 0 radical (unpaired) electrons. The van der Waals surface area contributed by atoms with Crippen molar-refractivity contribution in [1.29, 1.82) is 0 Å². The summed E-state index contributed by atoms with van der Waals surface area (Å²) in [5.74, 6) is 0.108. The number of aryl methyl sites for hydroxylation is 1. The lowest BCUT2D eigenvalue weighted by atomic mass is 10.1. The maximum Gasteiger partial charge on any atom is 0.242 e. The topological polar surface area (TPSA) is 58.6 Å². The molecule has 0 spiro atoms. The van der Waals surface area contributed by atoms with Crippen molar-refractivity contribution in [3.05, 3.63) is 65.5 Å². The summed E-state index contributed by atoms with van der Waals surface area (Å²) >= 11 is 0. The second kappa shape index (κ2) is 12.0. The number of amides is 2. The van der Waals surface area contributed by atoms with Gasteiger partial charge in [-0.3, -0.25) is 9.59 Å². The van der Waals surface area contributed by atoms with Gasteiger partial charge in [0.25, 0.3) is 0 Å². The highest BCUT2D eigenvalue weighted by atomic mass is 19.1. The van der Waals surface area contributed by atoms with E-state index >= 15 is 0 Å². The molecule has 2 aromatic carbocycles. The van der Waals surface area contributed by atoms with Crippen LogP contribution >= 0.6 is 0 Å². The van der Waals surface area contributed by atoms with E-state index in [0.717, 1.165) is 23.3 Å². The molecule has 0 aliphatic rings. The second-order valence-corrected chi connectivity index (χ2v) is 7.38. The van der Waals surface area contributed by atoms with Crippen molar-refractivity contribution in [1.82, 2.24) is 10.2 Å². The van der Waals surface area contributed by atoms with Gasteiger partial charge >= 0.3 is 0 Å². The van der Waals surface area contributed by atoms with Crippen molar-refractivity contribution in [3.63, 3.8) is 0 Å². The molecule has 0 bridgehead atoms. The SMILES string of the molecule is CCCNC(=O)C(C)N(Cc1ccc(F)cc1)C(=O)CCCOc1ccc(C)cc1. The lowest BCUT2D eigenvalue weighted by molar-refractivity contribution is -0.140. The van der Waals surface area contributed by atoms with Crippen molar-refractivity contribution >= 4 is 11.8 Å². The van der Waals surface area contributed by atoms with Crippen molar-refractivity contribution < 1.29 is 18.7 Å². The standard InChI is InChI=1S/C24H31FN2O3/c1-4-15-26-24(29)19(3)27(17-20-9-11-21(25)12-10-20)23(28)6-5-16-30-22-13-7-18(2)8-14-22/h7-14,19H,4-6,15-17H2,1-3H3,(H,26,29). The second-order valence-electron chi connectivity index (χ2n) is 7.38. The number of carbonyl (C=O) groups is 2. The van der Waals surface area contributed by atoms with E-state index < -0.39 is 6.04 Å². The molecule has 2 amide bonds.